The van der Waals surface area contributed by atoms with Crippen LogP contribution in [0.3, 0.4) is 0 Å². The van der Waals surface area contributed by atoms with Gasteiger partial charge in [-0.3, -0.25) is 9.78 Å². The van der Waals surface area contributed by atoms with E-state index < -0.39 is 10.0 Å². The van der Waals surface area contributed by atoms with Gasteiger partial charge in [-0.1, -0.05) is 12.1 Å². The number of nitrogens with zero attached hydrogens (tertiary/aromatic N) is 1. The Hall–Kier alpha value is -2.45. The van der Waals surface area contributed by atoms with Crippen LogP contribution in [0.5, 0.6) is 5.75 Å². The van der Waals surface area contributed by atoms with Crippen LogP contribution in [0, 0.1) is 0 Å². The quantitative estimate of drug-likeness (QED) is 0.794. The Balaban J connectivity index is 2.13. The van der Waals surface area contributed by atoms with E-state index in [0.29, 0.717) is 29.3 Å². The summed E-state index contributed by atoms with van der Waals surface area (Å²) in [6.45, 7) is 2.38. The number of anilines is 1. The van der Waals surface area contributed by atoms with Gasteiger partial charge in [-0.2, -0.15) is 0 Å². The number of rotatable bonds is 7. The number of carbonyl (C=O) groups excluding carboxylic acids is 1. The van der Waals surface area contributed by atoms with Gasteiger partial charge in [-0.15, -0.1) is 0 Å². The zero-order valence-corrected chi connectivity index (χ0v) is 14.3. The molecule has 0 atom stereocenters. The molecule has 0 unspecified atom stereocenters. The van der Waals surface area contributed by atoms with E-state index in [2.05, 4.69) is 15.0 Å². The van der Waals surface area contributed by atoms with Gasteiger partial charge in [0.25, 0.3) is 5.91 Å². The first-order chi connectivity index (χ1) is 11.4. The molecule has 2 rings (SSSR count). The lowest BCUT2D eigenvalue weighted by atomic mass is 10.2. The standard InChI is InChI=1S/C16H19N3O4S/c1-3-23-15-7-5-4-6-14(15)19-16(20)12-8-9-17-13(10-12)11-18-24(2,21)22/h4-10,18H,3,11H2,1-2H3,(H,19,20). The lowest BCUT2D eigenvalue weighted by molar-refractivity contribution is 0.102. The molecule has 1 aromatic heterocycles. The number of aromatic nitrogens is 1. The minimum atomic E-state index is -3.32. The van der Waals surface area contributed by atoms with Crippen molar-refractivity contribution in [3.05, 3.63) is 53.9 Å². The van der Waals surface area contributed by atoms with Crippen LogP contribution in [0.2, 0.25) is 0 Å². The number of sulfonamides is 1. The third-order valence-corrected chi connectivity index (χ3v) is 3.70. The van der Waals surface area contributed by atoms with Crippen LogP contribution in [0.4, 0.5) is 5.69 Å². The maximum absolute atomic E-state index is 12.4. The molecule has 7 nitrogen and oxygen atoms in total. The van der Waals surface area contributed by atoms with E-state index in [0.717, 1.165) is 6.26 Å². The highest BCUT2D eigenvalue weighted by molar-refractivity contribution is 7.88. The molecule has 0 spiro atoms. The number of para-hydroxylation sites is 2. The molecule has 0 aliphatic heterocycles. The smallest absolute Gasteiger partial charge is 0.255 e. The van der Waals surface area contributed by atoms with Crippen LogP contribution in [0.15, 0.2) is 42.6 Å². The van der Waals surface area contributed by atoms with Crippen LogP contribution in [-0.2, 0) is 16.6 Å². The van der Waals surface area contributed by atoms with Crippen molar-refractivity contribution in [2.75, 3.05) is 18.2 Å². The third kappa shape index (κ3) is 5.32. The summed E-state index contributed by atoms with van der Waals surface area (Å²) in [5.74, 6) is 0.256. The van der Waals surface area contributed by atoms with E-state index in [1.54, 1.807) is 24.3 Å². The van der Waals surface area contributed by atoms with E-state index in [1.807, 2.05) is 13.0 Å². The molecule has 8 heteroatoms. The van der Waals surface area contributed by atoms with Gasteiger partial charge in [0.15, 0.2) is 0 Å². The van der Waals surface area contributed by atoms with Gasteiger partial charge in [0.05, 0.1) is 30.8 Å². The molecule has 1 heterocycles. The first-order valence-electron chi connectivity index (χ1n) is 7.32. The predicted octanol–water partition coefficient (Wildman–Crippen LogP) is 1.78. The van der Waals surface area contributed by atoms with Crippen LogP contribution in [0.1, 0.15) is 23.0 Å². The molecule has 24 heavy (non-hydrogen) atoms. The number of carbonyl (C=O) groups is 1. The number of pyridine rings is 1. The van der Waals surface area contributed by atoms with Crippen molar-refractivity contribution in [1.29, 1.82) is 0 Å². The normalized spacial score (nSPS) is 11.1. The van der Waals surface area contributed by atoms with Crippen molar-refractivity contribution in [3.63, 3.8) is 0 Å². The zero-order chi connectivity index (χ0) is 17.6. The van der Waals surface area contributed by atoms with Gasteiger partial charge in [0.1, 0.15) is 5.75 Å². The molecule has 128 valence electrons. The fourth-order valence-electron chi connectivity index (χ4n) is 1.97. The second-order valence-corrected chi connectivity index (χ2v) is 6.85. The Kier molecular flexibility index (Phi) is 5.88. The van der Waals surface area contributed by atoms with E-state index in [9.17, 15) is 13.2 Å². The molecule has 2 aromatic rings. The number of hydrogen-bond acceptors (Lipinski definition) is 5. The van der Waals surface area contributed by atoms with E-state index >= 15 is 0 Å². The van der Waals surface area contributed by atoms with Gasteiger partial charge in [0.2, 0.25) is 10.0 Å². The molecule has 0 saturated heterocycles. The summed E-state index contributed by atoms with van der Waals surface area (Å²) >= 11 is 0. The van der Waals surface area contributed by atoms with Crippen molar-refractivity contribution in [3.8, 4) is 5.75 Å². The van der Waals surface area contributed by atoms with E-state index in [4.69, 9.17) is 4.74 Å². The van der Waals surface area contributed by atoms with Gasteiger partial charge in [0, 0.05) is 11.8 Å². The molecule has 2 N–H and O–H groups in total. The highest BCUT2D eigenvalue weighted by atomic mass is 32.2. The molecule has 0 saturated carbocycles. The molecular formula is C16H19N3O4S. The molecule has 0 bridgehead atoms. The second-order valence-electron chi connectivity index (χ2n) is 5.01. The molecular weight excluding hydrogens is 330 g/mol. The molecule has 1 amide bonds. The van der Waals surface area contributed by atoms with Crippen molar-refractivity contribution in [2.45, 2.75) is 13.5 Å². The zero-order valence-electron chi connectivity index (χ0n) is 13.4. The fraction of sp³-hybridized carbons (Fsp3) is 0.250. The van der Waals surface area contributed by atoms with E-state index in [-0.39, 0.29) is 12.5 Å². The maximum atomic E-state index is 12.4. The average molecular weight is 349 g/mol. The predicted molar refractivity (Wildman–Crippen MR) is 91.5 cm³/mol. The summed E-state index contributed by atoms with van der Waals surface area (Å²) in [5.41, 5.74) is 1.39. The summed E-state index contributed by atoms with van der Waals surface area (Å²) in [5, 5.41) is 2.78. The minimum absolute atomic E-state index is 0.0233. The van der Waals surface area contributed by atoms with Gasteiger partial charge >= 0.3 is 0 Å². The van der Waals surface area contributed by atoms with Gasteiger partial charge in [-0.25, -0.2) is 13.1 Å². The van der Waals surface area contributed by atoms with Crippen molar-refractivity contribution < 1.29 is 17.9 Å². The van der Waals surface area contributed by atoms with Crippen molar-refractivity contribution in [1.82, 2.24) is 9.71 Å². The fourth-order valence-corrected chi connectivity index (χ4v) is 2.38. The number of amides is 1. The summed E-state index contributed by atoms with van der Waals surface area (Å²) in [7, 11) is -3.32. The lowest BCUT2D eigenvalue weighted by Crippen LogP contribution is -2.22. The molecule has 0 fully saturated rings. The van der Waals surface area contributed by atoms with Crippen LogP contribution in [0.25, 0.3) is 0 Å². The lowest BCUT2D eigenvalue weighted by Gasteiger charge is -2.11. The van der Waals surface area contributed by atoms with Crippen LogP contribution in [-0.4, -0.2) is 32.2 Å². The largest absolute Gasteiger partial charge is 0.492 e. The molecule has 0 aliphatic rings. The Morgan fingerprint density at radius 1 is 1.25 bits per heavy atom. The second kappa shape index (κ2) is 7.89. The molecule has 0 aliphatic carbocycles. The number of benzene rings is 1. The monoisotopic (exact) mass is 349 g/mol. The van der Waals surface area contributed by atoms with Crippen molar-refractivity contribution in [2.24, 2.45) is 0 Å². The maximum Gasteiger partial charge on any atom is 0.255 e. The van der Waals surface area contributed by atoms with E-state index in [1.165, 1.54) is 12.3 Å². The topological polar surface area (TPSA) is 97.4 Å². The molecule has 1 aromatic carbocycles. The number of nitrogens with one attached hydrogen (secondary N) is 2. The van der Waals surface area contributed by atoms with Crippen LogP contribution >= 0.6 is 0 Å². The Labute approximate surface area is 141 Å². The van der Waals surface area contributed by atoms with Gasteiger partial charge < -0.3 is 10.1 Å². The summed E-state index contributed by atoms with van der Waals surface area (Å²) < 4.78 is 30.1. The first kappa shape index (κ1) is 17.9. The summed E-state index contributed by atoms with van der Waals surface area (Å²) in [4.78, 5) is 16.4. The first-order valence-corrected chi connectivity index (χ1v) is 9.21. The summed E-state index contributed by atoms with van der Waals surface area (Å²) in [6.07, 6.45) is 2.52. The Bertz CT molecular complexity index is 822. The SMILES string of the molecule is CCOc1ccccc1NC(=O)c1ccnc(CNS(C)(=O)=O)c1. The summed E-state index contributed by atoms with van der Waals surface area (Å²) in [6, 6.07) is 10.2. The number of ether oxygens (including phenoxy) is 1. The molecule has 0 radical (unpaired) electrons. The third-order valence-electron chi connectivity index (χ3n) is 3.03. The Morgan fingerprint density at radius 2 is 2.00 bits per heavy atom. The van der Waals surface area contributed by atoms with Crippen molar-refractivity contribution >= 4 is 21.6 Å². The minimum Gasteiger partial charge on any atom is -0.492 e. The average Bonchev–Trinajstić information content (AvgIpc) is 2.55. The number of hydrogen-bond donors (Lipinski definition) is 2. The highest BCUT2D eigenvalue weighted by Crippen LogP contribution is 2.24. The van der Waals surface area contributed by atoms with Crippen LogP contribution < -0.4 is 14.8 Å². The highest BCUT2D eigenvalue weighted by Gasteiger charge is 2.11. The van der Waals surface area contributed by atoms with Gasteiger partial charge in [-0.05, 0) is 31.2 Å². The Morgan fingerprint density at radius 3 is 2.71 bits per heavy atom.